The van der Waals surface area contributed by atoms with Gasteiger partial charge in [0.1, 0.15) is 6.07 Å². The third-order valence-electron chi connectivity index (χ3n) is 2.98. The molecule has 0 aromatic carbocycles. The Kier molecular flexibility index (Phi) is 4.53. The van der Waals surface area contributed by atoms with Crippen LogP contribution in [0.1, 0.15) is 18.5 Å². The van der Waals surface area contributed by atoms with Gasteiger partial charge in [0.15, 0.2) is 5.82 Å². The molecular formula is C13H15N5S. The van der Waals surface area contributed by atoms with Crippen LogP contribution in [0.25, 0.3) is 0 Å². The van der Waals surface area contributed by atoms with Crippen LogP contribution < -0.4 is 4.90 Å². The first-order valence-corrected chi connectivity index (χ1v) is 7.26. The SMILES string of the molecule is C=CC1=CCCN(c2nc(SC)nnc2C#N)CC1. The maximum atomic E-state index is 9.13. The lowest BCUT2D eigenvalue weighted by Gasteiger charge is -2.21. The molecule has 1 aliphatic heterocycles. The molecule has 0 radical (unpaired) electrons. The summed E-state index contributed by atoms with van der Waals surface area (Å²) in [6, 6.07) is 2.07. The van der Waals surface area contributed by atoms with E-state index in [1.54, 1.807) is 0 Å². The normalized spacial score (nSPS) is 15.4. The van der Waals surface area contributed by atoms with Gasteiger partial charge in [-0.1, -0.05) is 36.1 Å². The topological polar surface area (TPSA) is 65.7 Å². The lowest BCUT2D eigenvalue weighted by molar-refractivity contribution is 0.745. The summed E-state index contributed by atoms with van der Waals surface area (Å²) in [7, 11) is 0. The highest BCUT2D eigenvalue weighted by atomic mass is 32.2. The lowest BCUT2D eigenvalue weighted by atomic mass is 10.2. The molecule has 2 heterocycles. The Morgan fingerprint density at radius 3 is 3.00 bits per heavy atom. The minimum Gasteiger partial charge on any atom is -0.353 e. The van der Waals surface area contributed by atoms with E-state index >= 15 is 0 Å². The minimum absolute atomic E-state index is 0.292. The molecule has 0 bridgehead atoms. The fraction of sp³-hybridized carbons (Fsp3) is 0.385. The first kappa shape index (κ1) is 13.6. The molecule has 1 aromatic heterocycles. The fourth-order valence-corrected chi connectivity index (χ4v) is 2.26. The molecule has 0 spiro atoms. The molecule has 19 heavy (non-hydrogen) atoms. The summed E-state index contributed by atoms with van der Waals surface area (Å²) < 4.78 is 0. The molecule has 0 amide bonds. The molecule has 5 nitrogen and oxygen atoms in total. The van der Waals surface area contributed by atoms with Gasteiger partial charge in [-0.2, -0.15) is 5.26 Å². The highest BCUT2D eigenvalue weighted by molar-refractivity contribution is 7.98. The van der Waals surface area contributed by atoms with E-state index in [9.17, 15) is 0 Å². The number of hydrogen-bond donors (Lipinski definition) is 0. The van der Waals surface area contributed by atoms with Crippen molar-refractivity contribution >= 4 is 17.6 Å². The van der Waals surface area contributed by atoms with Crippen molar-refractivity contribution in [1.82, 2.24) is 15.2 Å². The molecule has 0 saturated heterocycles. The summed E-state index contributed by atoms with van der Waals surface area (Å²) in [5, 5.41) is 17.6. The van der Waals surface area contributed by atoms with Gasteiger partial charge in [0.05, 0.1) is 0 Å². The molecule has 0 unspecified atom stereocenters. The van der Waals surface area contributed by atoms with E-state index in [2.05, 4.69) is 38.8 Å². The van der Waals surface area contributed by atoms with Crippen molar-refractivity contribution in [2.24, 2.45) is 0 Å². The monoisotopic (exact) mass is 273 g/mol. The van der Waals surface area contributed by atoms with Gasteiger partial charge in [-0.25, -0.2) is 4.98 Å². The number of anilines is 1. The Hall–Kier alpha value is -1.87. The van der Waals surface area contributed by atoms with E-state index in [0.29, 0.717) is 16.7 Å². The summed E-state index contributed by atoms with van der Waals surface area (Å²) in [6.45, 7) is 5.45. The van der Waals surface area contributed by atoms with Crippen molar-refractivity contribution in [1.29, 1.82) is 5.26 Å². The quantitative estimate of drug-likeness (QED) is 0.786. The van der Waals surface area contributed by atoms with E-state index < -0.39 is 0 Å². The van der Waals surface area contributed by atoms with Gasteiger partial charge in [-0.05, 0) is 19.1 Å². The largest absolute Gasteiger partial charge is 0.353 e. The fourth-order valence-electron chi connectivity index (χ4n) is 1.96. The summed E-state index contributed by atoms with van der Waals surface area (Å²) in [5.74, 6) is 0.639. The average molecular weight is 273 g/mol. The number of aromatic nitrogens is 3. The van der Waals surface area contributed by atoms with E-state index in [1.807, 2.05) is 12.3 Å². The van der Waals surface area contributed by atoms with Gasteiger partial charge >= 0.3 is 0 Å². The summed E-state index contributed by atoms with van der Waals surface area (Å²) >= 11 is 1.43. The minimum atomic E-state index is 0.292. The number of hydrogen-bond acceptors (Lipinski definition) is 6. The molecule has 0 fully saturated rings. The third kappa shape index (κ3) is 3.12. The van der Waals surface area contributed by atoms with E-state index in [1.165, 1.54) is 17.3 Å². The van der Waals surface area contributed by atoms with Crippen LogP contribution >= 0.6 is 11.8 Å². The zero-order valence-corrected chi connectivity index (χ0v) is 11.7. The predicted molar refractivity (Wildman–Crippen MR) is 76.1 cm³/mol. The van der Waals surface area contributed by atoms with Crippen molar-refractivity contribution in [3.63, 3.8) is 0 Å². The molecule has 6 heteroatoms. The number of nitrogens with zero attached hydrogens (tertiary/aromatic N) is 5. The Morgan fingerprint density at radius 1 is 1.47 bits per heavy atom. The van der Waals surface area contributed by atoms with Crippen LogP contribution in [0.5, 0.6) is 0 Å². The molecule has 1 aromatic rings. The molecule has 2 rings (SSSR count). The second kappa shape index (κ2) is 6.34. The Morgan fingerprint density at radius 2 is 2.32 bits per heavy atom. The highest BCUT2D eigenvalue weighted by Crippen LogP contribution is 2.21. The zero-order chi connectivity index (χ0) is 13.7. The Balaban J connectivity index is 2.26. The van der Waals surface area contributed by atoms with Crippen LogP contribution in [-0.2, 0) is 0 Å². The van der Waals surface area contributed by atoms with Gasteiger partial charge in [0.2, 0.25) is 10.9 Å². The Bertz CT molecular complexity index is 546. The molecule has 0 saturated carbocycles. The molecule has 0 N–H and O–H groups in total. The van der Waals surface area contributed by atoms with Crippen molar-refractivity contribution in [2.75, 3.05) is 24.2 Å². The predicted octanol–water partition coefficient (Wildman–Crippen LogP) is 2.18. The number of thioether (sulfide) groups is 1. The molecular weight excluding hydrogens is 258 g/mol. The van der Waals surface area contributed by atoms with Crippen molar-refractivity contribution in [2.45, 2.75) is 18.0 Å². The smallest absolute Gasteiger partial charge is 0.210 e. The van der Waals surface area contributed by atoms with Gasteiger partial charge < -0.3 is 4.90 Å². The van der Waals surface area contributed by atoms with Gasteiger partial charge in [-0.3, -0.25) is 0 Å². The summed E-state index contributed by atoms with van der Waals surface area (Å²) in [6.07, 6.45) is 7.80. The number of allylic oxidation sites excluding steroid dienone is 1. The van der Waals surface area contributed by atoms with Crippen molar-refractivity contribution in [3.8, 4) is 6.07 Å². The van der Waals surface area contributed by atoms with Crippen molar-refractivity contribution in [3.05, 3.63) is 30.0 Å². The van der Waals surface area contributed by atoms with E-state index in [4.69, 9.17) is 5.26 Å². The van der Waals surface area contributed by atoms with Crippen LogP contribution in [-0.4, -0.2) is 34.5 Å². The molecule has 98 valence electrons. The van der Waals surface area contributed by atoms with Gasteiger partial charge in [0, 0.05) is 13.1 Å². The second-order valence-electron chi connectivity index (χ2n) is 4.09. The third-order valence-corrected chi connectivity index (χ3v) is 3.51. The summed E-state index contributed by atoms with van der Waals surface area (Å²) in [4.78, 5) is 6.52. The molecule has 0 atom stereocenters. The maximum absolute atomic E-state index is 9.13. The van der Waals surface area contributed by atoms with Crippen LogP contribution in [0.2, 0.25) is 0 Å². The lowest BCUT2D eigenvalue weighted by Crippen LogP contribution is -2.27. The van der Waals surface area contributed by atoms with Gasteiger partial charge in [0.25, 0.3) is 0 Å². The maximum Gasteiger partial charge on any atom is 0.210 e. The zero-order valence-electron chi connectivity index (χ0n) is 10.8. The van der Waals surface area contributed by atoms with Crippen molar-refractivity contribution < 1.29 is 0 Å². The van der Waals surface area contributed by atoms with Crippen LogP contribution in [0, 0.1) is 11.3 Å². The average Bonchev–Trinajstić information content (AvgIpc) is 2.71. The molecule has 0 aliphatic carbocycles. The van der Waals surface area contributed by atoms with Crippen LogP contribution in [0.15, 0.2) is 29.5 Å². The number of rotatable bonds is 3. The van der Waals surface area contributed by atoms with Crippen LogP contribution in [0.3, 0.4) is 0 Å². The van der Waals surface area contributed by atoms with Gasteiger partial charge in [-0.15, -0.1) is 10.2 Å². The van der Waals surface area contributed by atoms with E-state index in [0.717, 1.165) is 25.9 Å². The highest BCUT2D eigenvalue weighted by Gasteiger charge is 2.17. The molecule has 1 aliphatic rings. The number of nitriles is 1. The summed E-state index contributed by atoms with van der Waals surface area (Å²) in [5.41, 5.74) is 1.54. The second-order valence-corrected chi connectivity index (χ2v) is 4.86. The standard InChI is InChI=1S/C13H15N5S/c1-3-10-5-4-7-18(8-6-10)12-11(9-14)16-17-13(15-12)19-2/h3,5H,1,4,6-8H2,2H3. The Labute approximate surface area is 117 Å². The van der Waals surface area contributed by atoms with E-state index in [-0.39, 0.29) is 0 Å². The first-order chi connectivity index (χ1) is 9.28. The first-order valence-electron chi connectivity index (χ1n) is 6.03. The van der Waals surface area contributed by atoms with Crippen LogP contribution in [0.4, 0.5) is 5.82 Å².